The summed E-state index contributed by atoms with van der Waals surface area (Å²) in [4.78, 5) is 0. The summed E-state index contributed by atoms with van der Waals surface area (Å²) in [5.74, 6) is 1.92. The van der Waals surface area contributed by atoms with Crippen LogP contribution in [0.5, 0.6) is 0 Å². The summed E-state index contributed by atoms with van der Waals surface area (Å²) in [5, 5.41) is 7.07. The quantitative estimate of drug-likeness (QED) is 0.600. The molecule has 2 rings (SSSR count). The number of nitrogens with one attached hydrogen (secondary N) is 1. The van der Waals surface area contributed by atoms with Gasteiger partial charge in [0.15, 0.2) is 0 Å². The van der Waals surface area contributed by atoms with Crippen LogP contribution < -0.4 is 0 Å². The first-order chi connectivity index (χ1) is 5.33. The van der Waals surface area contributed by atoms with Gasteiger partial charge in [-0.15, -0.1) is 0 Å². The highest BCUT2D eigenvalue weighted by atomic mass is 14.7. The van der Waals surface area contributed by atoms with Gasteiger partial charge in [0.1, 0.15) is 0 Å². The average molecular weight is 151 g/mol. The maximum atomic E-state index is 7.07. The lowest BCUT2D eigenvalue weighted by Gasteiger charge is -2.38. The number of rotatable bonds is 3. The van der Waals surface area contributed by atoms with Crippen LogP contribution >= 0.6 is 0 Å². The third-order valence-corrected chi connectivity index (χ3v) is 3.95. The van der Waals surface area contributed by atoms with Crippen molar-refractivity contribution < 1.29 is 0 Å². The lowest BCUT2D eigenvalue weighted by atomic mass is 9.67. The summed E-state index contributed by atoms with van der Waals surface area (Å²) in [7, 11) is 0. The molecule has 11 heavy (non-hydrogen) atoms. The summed E-state index contributed by atoms with van der Waals surface area (Å²) < 4.78 is 0. The monoisotopic (exact) mass is 151 g/mol. The summed E-state index contributed by atoms with van der Waals surface area (Å²) in [6, 6.07) is 0. The molecule has 1 nitrogen and oxygen atoms in total. The van der Waals surface area contributed by atoms with Crippen LogP contribution in [0.2, 0.25) is 0 Å². The van der Waals surface area contributed by atoms with Crippen LogP contribution in [0.4, 0.5) is 0 Å². The Bertz CT molecular complexity index is 176. The second kappa shape index (κ2) is 2.33. The van der Waals surface area contributed by atoms with Crippen molar-refractivity contribution in [3.8, 4) is 0 Å². The highest BCUT2D eigenvalue weighted by Crippen LogP contribution is 2.70. The predicted octanol–water partition coefficient (Wildman–Crippen LogP) is 2.85. The van der Waals surface area contributed by atoms with E-state index >= 15 is 0 Å². The van der Waals surface area contributed by atoms with Crippen molar-refractivity contribution in [3.05, 3.63) is 0 Å². The second-order valence-corrected chi connectivity index (χ2v) is 4.22. The van der Waals surface area contributed by atoms with Crippen LogP contribution in [0.15, 0.2) is 0 Å². The SMILES string of the molecule is CCC1CC12CCC2CC=N. The van der Waals surface area contributed by atoms with Crippen molar-refractivity contribution >= 4 is 6.21 Å². The zero-order valence-electron chi connectivity index (χ0n) is 7.27. The highest BCUT2D eigenvalue weighted by molar-refractivity contribution is 5.54. The maximum absolute atomic E-state index is 7.07. The fourth-order valence-corrected chi connectivity index (χ4v) is 2.97. The van der Waals surface area contributed by atoms with Gasteiger partial charge in [0.25, 0.3) is 0 Å². The van der Waals surface area contributed by atoms with Gasteiger partial charge < -0.3 is 5.41 Å². The topological polar surface area (TPSA) is 23.9 Å². The predicted molar refractivity (Wildman–Crippen MR) is 47.0 cm³/mol. The molecular weight excluding hydrogens is 134 g/mol. The molecule has 0 aromatic heterocycles. The lowest BCUT2D eigenvalue weighted by Crippen LogP contribution is -2.29. The van der Waals surface area contributed by atoms with Gasteiger partial charge in [-0.25, -0.2) is 0 Å². The molecule has 0 aliphatic heterocycles. The third-order valence-electron chi connectivity index (χ3n) is 3.95. The minimum Gasteiger partial charge on any atom is -0.313 e. The highest BCUT2D eigenvalue weighted by Gasteiger charge is 2.61. The molecule has 3 atom stereocenters. The Morgan fingerprint density at radius 3 is 2.73 bits per heavy atom. The third kappa shape index (κ3) is 0.863. The van der Waals surface area contributed by atoms with Crippen molar-refractivity contribution in [2.24, 2.45) is 17.3 Å². The molecule has 0 aromatic carbocycles. The van der Waals surface area contributed by atoms with Crippen LogP contribution in [0.25, 0.3) is 0 Å². The molecule has 0 saturated heterocycles. The van der Waals surface area contributed by atoms with E-state index in [4.69, 9.17) is 5.41 Å². The van der Waals surface area contributed by atoms with E-state index in [2.05, 4.69) is 6.92 Å². The Kier molecular flexibility index (Phi) is 1.55. The summed E-state index contributed by atoms with van der Waals surface area (Å²) in [6.45, 7) is 2.30. The van der Waals surface area contributed by atoms with Gasteiger partial charge in [-0.2, -0.15) is 0 Å². The number of hydrogen-bond donors (Lipinski definition) is 1. The van der Waals surface area contributed by atoms with E-state index in [0.717, 1.165) is 23.7 Å². The fraction of sp³-hybridized carbons (Fsp3) is 0.900. The van der Waals surface area contributed by atoms with Crippen molar-refractivity contribution in [2.45, 2.75) is 39.0 Å². The minimum atomic E-state index is 0.756. The first kappa shape index (κ1) is 7.33. The van der Waals surface area contributed by atoms with Crippen LogP contribution in [-0.4, -0.2) is 6.21 Å². The molecule has 0 heterocycles. The summed E-state index contributed by atoms with van der Waals surface area (Å²) in [6.07, 6.45) is 8.36. The van der Waals surface area contributed by atoms with E-state index in [-0.39, 0.29) is 0 Å². The summed E-state index contributed by atoms with van der Waals surface area (Å²) >= 11 is 0. The first-order valence-electron chi connectivity index (χ1n) is 4.82. The zero-order chi connectivity index (χ0) is 7.90. The van der Waals surface area contributed by atoms with Gasteiger partial charge in [0.05, 0.1) is 0 Å². The molecule has 0 bridgehead atoms. The van der Waals surface area contributed by atoms with Gasteiger partial charge in [-0.3, -0.25) is 0 Å². The Labute approximate surface area is 68.7 Å². The fourth-order valence-electron chi connectivity index (χ4n) is 2.97. The van der Waals surface area contributed by atoms with Gasteiger partial charge >= 0.3 is 0 Å². The average Bonchev–Trinajstić information content (AvgIpc) is 2.74. The van der Waals surface area contributed by atoms with E-state index in [1.165, 1.54) is 25.7 Å². The molecule has 2 aliphatic carbocycles. The smallest absolute Gasteiger partial charge is 0.00448 e. The minimum absolute atomic E-state index is 0.756. The van der Waals surface area contributed by atoms with Crippen LogP contribution in [0, 0.1) is 22.7 Å². The standard InChI is InChI=1S/C10H17N/c1-2-8-7-10(8)5-3-9(10)4-6-11/h6,8-9,11H,2-5,7H2,1H3. The van der Waals surface area contributed by atoms with Crippen molar-refractivity contribution in [3.63, 3.8) is 0 Å². The second-order valence-electron chi connectivity index (χ2n) is 4.22. The molecular formula is C10H17N. The Morgan fingerprint density at radius 2 is 2.36 bits per heavy atom. The molecule has 3 unspecified atom stereocenters. The molecule has 2 fully saturated rings. The summed E-state index contributed by atoms with van der Waals surface area (Å²) in [5.41, 5.74) is 0.756. The zero-order valence-corrected chi connectivity index (χ0v) is 7.27. The molecule has 2 aliphatic rings. The van der Waals surface area contributed by atoms with Gasteiger partial charge in [0, 0.05) is 0 Å². The van der Waals surface area contributed by atoms with Crippen molar-refractivity contribution in [1.29, 1.82) is 5.41 Å². The van der Waals surface area contributed by atoms with Crippen molar-refractivity contribution in [2.75, 3.05) is 0 Å². The van der Waals surface area contributed by atoms with Crippen molar-refractivity contribution in [1.82, 2.24) is 0 Å². The van der Waals surface area contributed by atoms with E-state index in [1.807, 2.05) is 0 Å². The molecule has 0 radical (unpaired) electrons. The van der Waals surface area contributed by atoms with E-state index < -0.39 is 0 Å². The van der Waals surface area contributed by atoms with Gasteiger partial charge in [0.2, 0.25) is 0 Å². The Hall–Kier alpha value is -0.330. The van der Waals surface area contributed by atoms with E-state index in [1.54, 1.807) is 6.21 Å². The van der Waals surface area contributed by atoms with Crippen LogP contribution in [0.3, 0.4) is 0 Å². The molecule has 0 amide bonds. The van der Waals surface area contributed by atoms with Gasteiger partial charge in [-0.1, -0.05) is 13.3 Å². The molecule has 0 aromatic rings. The maximum Gasteiger partial charge on any atom is -0.00448 e. The Morgan fingerprint density at radius 1 is 1.55 bits per heavy atom. The molecule has 2 saturated carbocycles. The lowest BCUT2D eigenvalue weighted by molar-refractivity contribution is 0.134. The molecule has 62 valence electrons. The van der Waals surface area contributed by atoms with Crippen LogP contribution in [-0.2, 0) is 0 Å². The van der Waals surface area contributed by atoms with Gasteiger partial charge in [-0.05, 0) is 49.1 Å². The van der Waals surface area contributed by atoms with Crippen LogP contribution in [0.1, 0.15) is 39.0 Å². The normalized spacial score (nSPS) is 47.0. The van der Waals surface area contributed by atoms with E-state index in [0.29, 0.717) is 0 Å². The first-order valence-corrected chi connectivity index (χ1v) is 4.82. The Balaban J connectivity index is 1.92. The molecule has 1 N–H and O–H groups in total. The largest absolute Gasteiger partial charge is 0.313 e. The molecule has 1 heteroatoms. The molecule has 1 spiro atoms. The number of hydrogen-bond acceptors (Lipinski definition) is 1. The van der Waals surface area contributed by atoms with E-state index in [9.17, 15) is 0 Å².